The highest BCUT2D eigenvalue weighted by molar-refractivity contribution is 5.81. The van der Waals surface area contributed by atoms with Gasteiger partial charge in [-0.3, -0.25) is 4.79 Å². The topological polar surface area (TPSA) is 49.6 Å². The van der Waals surface area contributed by atoms with Gasteiger partial charge < -0.3 is 15.5 Å². The molecule has 1 heterocycles. The van der Waals surface area contributed by atoms with E-state index in [9.17, 15) is 4.79 Å². The van der Waals surface area contributed by atoms with Crippen LogP contribution in [0.2, 0.25) is 0 Å². The Labute approximate surface area is 104 Å². The molecule has 0 aromatic heterocycles. The molecule has 0 aromatic carbocycles. The first-order chi connectivity index (χ1) is 7.96. The van der Waals surface area contributed by atoms with Crippen LogP contribution in [0.4, 0.5) is 0 Å². The van der Waals surface area contributed by atoms with Crippen molar-refractivity contribution < 1.29 is 4.79 Å². The van der Waals surface area contributed by atoms with Crippen molar-refractivity contribution in [2.24, 2.45) is 17.1 Å². The molecule has 0 spiro atoms. The summed E-state index contributed by atoms with van der Waals surface area (Å²) in [5.41, 5.74) is 5.96. The lowest BCUT2D eigenvalue weighted by Crippen LogP contribution is -2.61. The van der Waals surface area contributed by atoms with Crippen LogP contribution in [0.3, 0.4) is 0 Å². The van der Waals surface area contributed by atoms with Crippen LogP contribution in [0.25, 0.3) is 0 Å². The van der Waals surface area contributed by atoms with Crippen LogP contribution in [-0.4, -0.2) is 54.5 Å². The Kier molecular flexibility index (Phi) is 3.46. The Morgan fingerprint density at radius 2 is 1.88 bits per heavy atom. The highest BCUT2D eigenvalue weighted by atomic mass is 16.2. The monoisotopic (exact) mass is 239 g/mol. The first-order valence-electron chi connectivity index (χ1n) is 6.73. The van der Waals surface area contributed by atoms with Gasteiger partial charge in [0.1, 0.15) is 0 Å². The molecular formula is C13H25N3O. The lowest BCUT2D eigenvalue weighted by Gasteiger charge is -2.51. The zero-order valence-corrected chi connectivity index (χ0v) is 11.3. The summed E-state index contributed by atoms with van der Waals surface area (Å²) < 4.78 is 0. The molecule has 2 unspecified atom stereocenters. The van der Waals surface area contributed by atoms with Gasteiger partial charge >= 0.3 is 0 Å². The van der Waals surface area contributed by atoms with Gasteiger partial charge in [0.25, 0.3) is 0 Å². The number of piperazine rings is 1. The molecule has 0 bridgehead atoms. The lowest BCUT2D eigenvalue weighted by molar-refractivity contribution is -0.149. The SMILES string of the molecule is CCN1CCN(C(=O)C2CC(N)C2(C)C)CC1. The molecule has 2 N–H and O–H groups in total. The summed E-state index contributed by atoms with van der Waals surface area (Å²) in [6, 6.07) is 0.188. The minimum absolute atomic E-state index is 0.0149. The van der Waals surface area contributed by atoms with E-state index in [2.05, 4.69) is 25.7 Å². The maximum absolute atomic E-state index is 12.4. The number of carbonyl (C=O) groups excluding carboxylic acids is 1. The summed E-state index contributed by atoms with van der Waals surface area (Å²) in [5.74, 6) is 0.470. The highest BCUT2D eigenvalue weighted by Crippen LogP contribution is 2.45. The molecule has 1 amide bonds. The molecule has 0 radical (unpaired) electrons. The molecule has 4 nitrogen and oxygen atoms in total. The molecule has 1 aliphatic carbocycles. The van der Waals surface area contributed by atoms with Gasteiger partial charge in [-0.25, -0.2) is 0 Å². The molecule has 2 atom stereocenters. The standard InChI is InChI=1S/C13H25N3O/c1-4-15-5-7-16(8-6-15)12(17)10-9-11(14)13(10,2)3/h10-11H,4-9,14H2,1-3H3. The highest BCUT2D eigenvalue weighted by Gasteiger charge is 2.51. The number of rotatable bonds is 2. The van der Waals surface area contributed by atoms with Gasteiger partial charge in [-0.15, -0.1) is 0 Å². The Bertz CT molecular complexity index is 295. The van der Waals surface area contributed by atoms with Crippen LogP contribution in [-0.2, 0) is 4.79 Å². The largest absolute Gasteiger partial charge is 0.340 e. The van der Waals surface area contributed by atoms with Crippen molar-refractivity contribution in [1.29, 1.82) is 0 Å². The van der Waals surface area contributed by atoms with Crippen molar-refractivity contribution in [3.8, 4) is 0 Å². The third-order valence-electron chi connectivity index (χ3n) is 4.77. The van der Waals surface area contributed by atoms with Crippen molar-refractivity contribution in [3.05, 3.63) is 0 Å². The number of likely N-dealkylation sites (N-methyl/N-ethyl adjacent to an activating group) is 1. The molecule has 1 saturated heterocycles. The number of nitrogens with zero attached hydrogens (tertiary/aromatic N) is 2. The molecule has 2 fully saturated rings. The summed E-state index contributed by atoms with van der Waals surface area (Å²) in [4.78, 5) is 16.8. The van der Waals surface area contributed by atoms with E-state index in [1.165, 1.54) is 0 Å². The van der Waals surface area contributed by atoms with Gasteiger partial charge in [-0.2, -0.15) is 0 Å². The maximum atomic E-state index is 12.4. The van der Waals surface area contributed by atoms with Crippen molar-refractivity contribution in [3.63, 3.8) is 0 Å². The van der Waals surface area contributed by atoms with Crippen LogP contribution < -0.4 is 5.73 Å². The predicted octanol–water partition coefficient (Wildman–Crippen LogP) is 0.524. The average molecular weight is 239 g/mol. The van der Waals surface area contributed by atoms with Crippen molar-refractivity contribution in [2.45, 2.75) is 33.2 Å². The van der Waals surface area contributed by atoms with Crippen LogP contribution in [0.5, 0.6) is 0 Å². The smallest absolute Gasteiger partial charge is 0.226 e. The Morgan fingerprint density at radius 3 is 2.29 bits per heavy atom. The summed E-state index contributed by atoms with van der Waals surface area (Å²) in [5, 5.41) is 0. The molecule has 17 heavy (non-hydrogen) atoms. The van der Waals surface area contributed by atoms with Gasteiger partial charge in [0.15, 0.2) is 0 Å². The fourth-order valence-corrected chi connectivity index (χ4v) is 2.88. The molecule has 4 heteroatoms. The van der Waals surface area contributed by atoms with E-state index in [4.69, 9.17) is 5.73 Å². The van der Waals surface area contributed by atoms with E-state index in [0.717, 1.165) is 39.1 Å². The Morgan fingerprint density at radius 1 is 1.29 bits per heavy atom. The fourth-order valence-electron chi connectivity index (χ4n) is 2.88. The van der Waals surface area contributed by atoms with Crippen molar-refractivity contribution in [2.75, 3.05) is 32.7 Å². The van der Waals surface area contributed by atoms with Crippen LogP contribution in [0.15, 0.2) is 0 Å². The van der Waals surface area contributed by atoms with Crippen LogP contribution in [0.1, 0.15) is 27.2 Å². The number of hydrogen-bond donors (Lipinski definition) is 1. The van der Waals surface area contributed by atoms with Gasteiger partial charge in [0, 0.05) is 38.1 Å². The normalized spacial score (nSPS) is 33.3. The second-order valence-electron chi connectivity index (χ2n) is 5.98. The van der Waals surface area contributed by atoms with E-state index in [1.54, 1.807) is 0 Å². The van der Waals surface area contributed by atoms with E-state index in [1.807, 2.05) is 4.90 Å². The van der Waals surface area contributed by atoms with E-state index in [0.29, 0.717) is 5.91 Å². The Balaban J connectivity index is 1.90. The van der Waals surface area contributed by atoms with Crippen LogP contribution >= 0.6 is 0 Å². The quantitative estimate of drug-likeness (QED) is 0.764. The minimum Gasteiger partial charge on any atom is -0.340 e. The van der Waals surface area contributed by atoms with Gasteiger partial charge in [0.05, 0.1) is 0 Å². The third kappa shape index (κ3) is 2.20. The average Bonchev–Trinajstić information content (AvgIpc) is 2.35. The number of nitrogens with two attached hydrogens (primary N) is 1. The maximum Gasteiger partial charge on any atom is 0.226 e. The molecule has 2 rings (SSSR count). The molecule has 1 aliphatic heterocycles. The molecule has 98 valence electrons. The second kappa shape index (κ2) is 4.58. The minimum atomic E-state index is -0.0149. The molecule has 0 aromatic rings. The molecule has 2 aliphatic rings. The van der Waals surface area contributed by atoms with Crippen LogP contribution in [0, 0.1) is 11.3 Å². The number of hydrogen-bond acceptors (Lipinski definition) is 3. The van der Waals surface area contributed by atoms with Crippen molar-refractivity contribution in [1.82, 2.24) is 9.80 Å². The van der Waals surface area contributed by atoms with Gasteiger partial charge in [-0.05, 0) is 18.4 Å². The zero-order valence-electron chi connectivity index (χ0n) is 11.3. The number of amides is 1. The molecule has 1 saturated carbocycles. The second-order valence-corrected chi connectivity index (χ2v) is 5.98. The fraction of sp³-hybridized carbons (Fsp3) is 0.923. The van der Waals surface area contributed by atoms with E-state index in [-0.39, 0.29) is 17.4 Å². The summed E-state index contributed by atoms with van der Waals surface area (Å²) >= 11 is 0. The first-order valence-corrected chi connectivity index (χ1v) is 6.73. The summed E-state index contributed by atoms with van der Waals surface area (Å²) in [6.07, 6.45) is 0.861. The van der Waals surface area contributed by atoms with E-state index < -0.39 is 0 Å². The molecular weight excluding hydrogens is 214 g/mol. The predicted molar refractivity (Wildman–Crippen MR) is 68.6 cm³/mol. The van der Waals surface area contributed by atoms with E-state index >= 15 is 0 Å². The zero-order chi connectivity index (χ0) is 12.6. The van der Waals surface area contributed by atoms with Crippen molar-refractivity contribution >= 4 is 5.91 Å². The first kappa shape index (κ1) is 12.8. The summed E-state index contributed by atoms with van der Waals surface area (Å²) in [6.45, 7) is 11.3. The number of carbonyl (C=O) groups is 1. The lowest BCUT2D eigenvalue weighted by atomic mass is 9.58. The summed E-state index contributed by atoms with van der Waals surface area (Å²) in [7, 11) is 0. The third-order valence-corrected chi connectivity index (χ3v) is 4.77. The van der Waals surface area contributed by atoms with Gasteiger partial charge in [0.2, 0.25) is 5.91 Å². The Hall–Kier alpha value is -0.610. The van der Waals surface area contributed by atoms with Gasteiger partial charge in [-0.1, -0.05) is 20.8 Å².